The molecular weight excluding hydrogens is 390 g/mol. The van der Waals surface area contributed by atoms with Crippen LogP contribution in [0.5, 0.6) is 0 Å². The molecule has 0 radical (unpaired) electrons. The highest BCUT2D eigenvalue weighted by Gasteiger charge is 2.41. The van der Waals surface area contributed by atoms with Gasteiger partial charge in [-0.05, 0) is 18.1 Å². The van der Waals surface area contributed by atoms with Gasteiger partial charge in [-0.2, -0.15) is 31.4 Å². The third kappa shape index (κ3) is 3.92. The Morgan fingerprint density at radius 1 is 1.07 bits per heavy atom. The van der Waals surface area contributed by atoms with Crippen LogP contribution in [0.15, 0.2) is 24.3 Å². The maximum Gasteiger partial charge on any atom is 0.435 e. The quantitative estimate of drug-likeness (QED) is 0.792. The van der Waals surface area contributed by atoms with Crippen LogP contribution in [0.25, 0.3) is 0 Å². The molecule has 1 aliphatic rings. The topological polar surface area (TPSA) is 64.2 Å². The van der Waals surface area contributed by atoms with Crippen molar-refractivity contribution in [3.05, 3.63) is 46.6 Å². The monoisotopic (exact) mass is 406 g/mol. The van der Waals surface area contributed by atoms with Gasteiger partial charge in [0, 0.05) is 25.2 Å². The van der Waals surface area contributed by atoms with Crippen molar-refractivity contribution in [3.8, 4) is 0 Å². The molecular formula is C17H16F6N4O. The number of nitrogens with zero attached hydrogens (tertiary/aromatic N) is 3. The second-order valence-corrected chi connectivity index (χ2v) is 6.44. The van der Waals surface area contributed by atoms with E-state index in [1.165, 1.54) is 23.1 Å². The second-order valence-electron chi connectivity index (χ2n) is 6.44. The molecule has 1 amide bonds. The largest absolute Gasteiger partial charge is 0.435 e. The van der Waals surface area contributed by atoms with E-state index in [2.05, 4.69) is 5.10 Å². The molecule has 0 saturated heterocycles. The number of nitrogens with two attached hydrogens (primary N) is 1. The minimum absolute atomic E-state index is 0.0191. The van der Waals surface area contributed by atoms with Crippen LogP contribution in [0.1, 0.15) is 28.8 Å². The van der Waals surface area contributed by atoms with Crippen molar-refractivity contribution >= 4 is 11.7 Å². The predicted molar refractivity (Wildman–Crippen MR) is 87.2 cm³/mol. The Kier molecular flexibility index (Phi) is 5.02. The summed E-state index contributed by atoms with van der Waals surface area (Å²) in [7, 11) is 0. The van der Waals surface area contributed by atoms with Crippen molar-refractivity contribution in [1.82, 2.24) is 9.78 Å². The Bertz CT molecular complexity index is 887. The number of hydrogen-bond donors (Lipinski definition) is 1. The normalized spacial score (nSPS) is 14.9. The van der Waals surface area contributed by atoms with Gasteiger partial charge in [-0.15, -0.1) is 0 Å². The lowest BCUT2D eigenvalue weighted by atomic mass is 10.0. The van der Waals surface area contributed by atoms with Gasteiger partial charge in [-0.1, -0.05) is 18.2 Å². The van der Waals surface area contributed by atoms with Crippen molar-refractivity contribution in [3.63, 3.8) is 0 Å². The fourth-order valence-corrected chi connectivity index (χ4v) is 3.38. The van der Waals surface area contributed by atoms with Gasteiger partial charge in [0.25, 0.3) is 0 Å². The number of rotatable bonds is 4. The van der Waals surface area contributed by atoms with E-state index in [0.717, 1.165) is 10.7 Å². The first kappa shape index (κ1) is 20.0. The smallest absolute Gasteiger partial charge is 0.369 e. The second kappa shape index (κ2) is 7.02. The summed E-state index contributed by atoms with van der Waals surface area (Å²) in [5.41, 5.74) is 2.50. The Morgan fingerprint density at radius 3 is 2.36 bits per heavy atom. The summed E-state index contributed by atoms with van der Waals surface area (Å²) in [5.74, 6) is -1.00. The SMILES string of the molecule is NC(=O)Cc1c(C(F)(F)F)nn2c1N(Cc1ccccc1C(F)(F)F)CCC2. The van der Waals surface area contributed by atoms with Crippen LogP contribution in [-0.4, -0.2) is 22.2 Å². The zero-order valence-corrected chi connectivity index (χ0v) is 14.4. The lowest BCUT2D eigenvalue weighted by molar-refractivity contribution is -0.142. The number of anilines is 1. The number of primary amides is 1. The van der Waals surface area contributed by atoms with Crippen LogP contribution in [0.2, 0.25) is 0 Å². The van der Waals surface area contributed by atoms with E-state index in [9.17, 15) is 31.1 Å². The number of aromatic nitrogens is 2. The maximum atomic E-state index is 13.4. The molecule has 1 aliphatic heterocycles. The molecule has 0 saturated carbocycles. The standard InChI is InChI=1S/C17H16F6N4O/c18-16(19,20)12-5-2-1-4-10(12)9-26-6-3-7-27-15(26)11(8-13(24)28)14(25-27)17(21,22)23/h1-2,4-5H,3,6-9H2,(H2,24,28). The molecule has 0 aliphatic carbocycles. The molecule has 0 atom stereocenters. The highest BCUT2D eigenvalue weighted by atomic mass is 19.4. The summed E-state index contributed by atoms with van der Waals surface area (Å²) in [5, 5.41) is 3.56. The van der Waals surface area contributed by atoms with Crippen LogP contribution in [-0.2, 0) is 36.7 Å². The van der Waals surface area contributed by atoms with Gasteiger partial charge >= 0.3 is 12.4 Å². The molecule has 152 valence electrons. The van der Waals surface area contributed by atoms with Crippen molar-refractivity contribution in [2.24, 2.45) is 5.73 Å². The molecule has 2 heterocycles. The molecule has 2 N–H and O–H groups in total. The lowest BCUT2D eigenvalue weighted by Gasteiger charge is -2.31. The van der Waals surface area contributed by atoms with Crippen molar-refractivity contribution in [2.75, 3.05) is 11.4 Å². The van der Waals surface area contributed by atoms with Crippen LogP contribution in [0.4, 0.5) is 32.2 Å². The molecule has 1 aromatic carbocycles. The number of aryl methyl sites for hydroxylation is 1. The fourth-order valence-electron chi connectivity index (χ4n) is 3.38. The molecule has 3 rings (SSSR count). The van der Waals surface area contributed by atoms with Crippen molar-refractivity contribution in [1.29, 1.82) is 0 Å². The first-order valence-electron chi connectivity index (χ1n) is 8.33. The van der Waals surface area contributed by atoms with E-state index in [-0.39, 0.29) is 31.0 Å². The Morgan fingerprint density at radius 2 is 1.75 bits per heavy atom. The lowest BCUT2D eigenvalue weighted by Crippen LogP contribution is -2.33. The number of fused-ring (bicyclic) bond motifs is 1. The number of amides is 1. The molecule has 1 aromatic heterocycles. The van der Waals surface area contributed by atoms with Crippen LogP contribution in [0.3, 0.4) is 0 Å². The Balaban J connectivity index is 2.07. The average molecular weight is 406 g/mol. The minimum Gasteiger partial charge on any atom is -0.369 e. The number of benzene rings is 1. The molecule has 0 bridgehead atoms. The molecule has 0 unspecified atom stereocenters. The highest BCUT2D eigenvalue weighted by molar-refractivity contribution is 5.79. The minimum atomic E-state index is -4.81. The zero-order valence-electron chi connectivity index (χ0n) is 14.4. The van der Waals surface area contributed by atoms with Gasteiger partial charge < -0.3 is 10.6 Å². The van der Waals surface area contributed by atoms with Crippen molar-refractivity contribution < 1.29 is 31.1 Å². The number of carbonyl (C=O) groups excluding carboxylic acids is 1. The summed E-state index contributed by atoms with van der Waals surface area (Å²) in [6, 6.07) is 4.86. The summed E-state index contributed by atoms with van der Waals surface area (Å²) >= 11 is 0. The maximum absolute atomic E-state index is 13.4. The zero-order chi connectivity index (χ0) is 20.7. The summed E-state index contributed by atoms with van der Waals surface area (Å²) in [4.78, 5) is 12.7. The van der Waals surface area contributed by atoms with E-state index < -0.39 is 41.5 Å². The average Bonchev–Trinajstić information content (AvgIpc) is 2.93. The van der Waals surface area contributed by atoms with Gasteiger partial charge in [-0.25, -0.2) is 4.68 Å². The number of hydrogen-bond acceptors (Lipinski definition) is 3. The van der Waals surface area contributed by atoms with Gasteiger partial charge in [-0.3, -0.25) is 4.79 Å². The third-order valence-corrected chi connectivity index (χ3v) is 4.42. The van der Waals surface area contributed by atoms with E-state index in [1.807, 2.05) is 0 Å². The van der Waals surface area contributed by atoms with Gasteiger partial charge in [0.1, 0.15) is 5.82 Å². The van der Waals surface area contributed by atoms with Crippen LogP contribution >= 0.6 is 0 Å². The number of alkyl halides is 6. The van der Waals surface area contributed by atoms with Gasteiger partial charge in [0.05, 0.1) is 12.0 Å². The first-order chi connectivity index (χ1) is 13.0. The van der Waals surface area contributed by atoms with E-state index >= 15 is 0 Å². The van der Waals surface area contributed by atoms with E-state index in [1.54, 1.807) is 0 Å². The van der Waals surface area contributed by atoms with Crippen LogP contribution < -0.4 is 10.6 Å². The number of carbonyl (C=O) groups is 1. The van der Waals surface area contributed by atoms with Gasteiger partial charge in [0.2, 0.25) is 5.91 Å². The van der Waals surface area contributed by atoms with Gasteiger partial charge in [0.15, 0.2) is 5.69 Å². The van der Waals surface area contributed by atoms with Crippen LogP contribution in [0, 0.1) is 0 Å². The highest BCUT2D eigenvalue weighted by Crippen LogP contribution is 2.39. The Labute approximate surface area is 155 Å². The third-order valence-electron chi connectivity index (χ3n) is 4.42. The summed E-state index contributed by atoms with van der Waals surface area (Å²) in [6.45, 7) is 0.111. The fraction of sp³-hybridized carbons (Fsp3) is 0.412. The molecule has 5 nitrogen and oxygen atoms in total. The first-order valence-corrected chi connectivity index (χ1v) is 8.33. The summed E-state index contributed by atoms with van der Waals surface area (Å²) in [6.07, 6.45) is -9.72. The predicted octanol–water partition coefficient (Wildman–Crippen LogP) is 3.36. The molecule has 0 spiro atoms. The summed E-state index contributed by atoms with van der Waals surface area (Å²) < 4.78 is 81.0. The Hall–Kier alpha value is -2.72. The van der Waals surface area contributed by atoms with Crippen molar-refractivity contribution in [2.45, 2.75) is 38.3 Å². The molecule has 28 heavy (non-hydrogen) atoms. The molecule has 11 heteroatoms. The number of halogens is 6. The van der Waals surface area contributed by atoms with E-state index in [0.29, 0.717) is 6.42 Å². The molecule has 0 fully saturated rings. The van der Waals surface area contributed by atoms with E-state index in [4.69, 9.17) is 5.73 Å². The molecule has 2 aromatic rings.